The van der Waals surface area contributed by atoms with Crippen molar-refractivity contribution in [2.45, 2.75) is 52.4 Å². The molecule has 0 amide bonds. The molecular weight excluding hydrogens is 212 g/mol. The van der Waals surface area contributed by atoms with Crippen molar-refractivity contribution >= 4 is 5.69 Å². The number of unbranched alkanes of at least 4 members (excludes halogenated alkanes) is 5. The molecule has 0 radical (unpaired) electrons. The number of hydrogen-bond donors (Lipinski definition) is 1. The van der Waals surface area contributed by atoms with Gasteiger partial charge >= 0.3 is 0 Å². The maximum atomic E-state index is 5.69. The average molecular weight is 236 g/mol. The predicted octanol–water partition coefficient (Wildman–Crippen LogP) is 3.71. The Balaban J connectivity index is 2.11. The number of aryl methyl sites for hydroxylation is 1. The van der Waals surface area contributed by atoms with Crippen molar-refractivity contribution in [1.29, 1.82) is 0 Å². The van der Waals surface area contributed by atoms with E-state index >= 15 is 0 Å². The third-order valence-electron chi connectivity index (χ3n) is 2.87. The first-order chi connectivity index (χ1) is 8.24. The van der Waals surface area contributed by atoms with Gasteiger partial charge in [-0.15, -0.1) is 0 Å². The van der Waals surface area contributed by atoms with E-state index < -0.39 is 0 Å². The number of ether oxygens (including phenoxy) is 1. The van der Waals surface area contributed by atoms with Crippen LogP contribution < -0.4 is 10.5 Å². The number of nitrogens with zero attached hydrogens (tertiary/aromatic N) is 1. The molecule has 0 saturated carbocycles. The van der Waals surface area contributed by atoms with Crippen molar-refractivity contribution in [1.82, 2.24) is 4.98 Å². The molecule has 0 aliphatic rings. The van der Waals surface area contributed by atoms with Crippen molar-refractivity contribution in [2.75, 3.05) is 12.3 Å². The van der Waals surface area contributed by atoms with Crippen LogP contribution in [-0.4, -0.2) is 11.6 Å². The van der Waals surface area contributed by atoms with Gasteiger partial charge in [0, 0.05) is 6.07 Å². The molecule has 0 bridgehead atoms. The summed E-state index contributed by atoms with van der Waals surface area (Å²) in [5.74, 6) is 0.685. The fourth-order valence-electron chi connectivity index (χ4n) is 1.68. The second-order valence-electron chi connectivity index (χ2n) is 4.50. The second-order valence-corrected chi connectivity index (χ2v) is 4.50. The minimum absolute atomic E-state index is 0.685. The van der Waals surface area contributed by atoms with Crippen molar-refractivity contribution in [3.63, 3.8) is 0 Å². The molecular formula is C14H24N2O. The molecule has 0 unspecified atom stereocenters. The molecule has 0 fully saturated rings. The van der Waals surface area contributed by atoms with Gasteiger partial charge < -0.3 is 10.5 Å². The smallest absolute Gasteiger partial charge is 0.213 e. The molecule has 17 heavy (non-hydrogen) atoms. The lowest BCUT2D eigenvalue weighted by atomic mass is 10.1. The zero-order valence-electron chi connectivity index (χ0n) is 11.0. The molecule has 0 aliphatic carbocycles. The van der Waals surface area contributed by atoms with Gasteiger partial charge in [-0.3, -0.25) is 0 Å². The van der Waals surface area contributed by atoms with Gasteiger partial charge in [0.2, 0.25) is 5.88 Å². The molecule has 3 heteroatoms. The van der Waals surface area contributed by atoms with E-state index in [0.717, 1.165) is 24.3 Å². The largest absolute Gasteiger partial charge is 0.478 e. The number of hydrogen-bond acceptors (Lipinski definition) is 3. The Kier molecular flexibility index (Phi) is 6.45. The van der Waals surface area contributed by atoms with E-state index in [1.807, 2.05) is 13.0 Å². The van der Waals surface area contributed by atoms with Crippen molar-refractivity contribution in [3.8, 4) is 5.88 Å². The summed E-state index contributed by atoms with van der Waals surface area (Å²) in [6.07, 6.45) is 9.31. The minimum Gasteiger partial charge on any atom is -0.478 e. The number of rotatable bonds is 8. The Hall–Kier alpha value is -1.25. The maximum Gasteiger partial charge on any atom is 0.213 e. The van der Waals surface area contributed by atoms with Gasteiger partial charge in [-0.25, -0.2) is 4.98 Å². The monoisotopic (exact) mass is 236 g/mol. The molecule has 1 aromatic heterocycles. The fourth-order valence-corrected chi connectivity index (χ4v) is 1.68. The molecule has 2 N–H and O–H groups in total. The van der Waals surface area contributed by atoms with Gasteiger partial charge in [-0.2, -0.15) is 0 Å². The van der Waals surface area contributed by atoms with Crippen molar-refractivity contribution in [2.24, 2.45) is 0 Å². The SMILES string of the molecule is CCCCCCCCOc1cc(C)c(N)cn1. The van der Waals surface area contributed by atoms with Gasteiger partial charge in [0.25, 0.3) is 0 Å². The summed E-state index contributed by atoms with van der Waals surface area (Å²) in [4.78, 5) is 4.14. The van der Waals surface area contributed by atoms with Crippen molar-refractivity contribution in [3.05, 3.63) is 17.8 Å². The molecule has 0 aromatic carbocycles. The summed E-state index contributed by atoms with van der Waals surface area (Å²) >= 11 is 0. The molecule has 96 valence electrons. The summed E-state index contributed by atoms with van der Waals surface area (Å²) in [6, 6.07) is 1.90. The zero-order chi connectivity index (χ0) is 12.5. The van der Waals surface area contributed by atoms with Gasteiger partial charge in [-0.1, -0.05) is 39.0 Å². The molecule has 0 spiro atoms. The van der Waals surface area contributed by atoms with E-state index in [0.29, 0.717) is 5.88 Å². The number of aromatic nitrogens is 1. The quantitative estimate of drug-likeness (QED) is 0.700. The Bertz CT molecular complexity index is 326. The van der Waals surface area contributed by atoms with Crippen LogP contribution in [0.25, 0.3) is 0 Å². The predicted molar refractivity (Wildman–Crippen MR) is 72.3 cm³/mol. The van der Waals surface area contributed by atoms with E-state index in [1.54, 1.807) is 6.20 Å². The Labute approximate surface area is 104 Å². The molecule has 0 saturated heterocycles. The van der Waals surface area contributed by atoms with Gasteiger partial charge in [-0.05, 0) is 18.9 Å². The third kappa shape index (κ3) is 5.57. The Morgan fingerprint density at radius 1 is 1.18 bits per heavy atom. The van der Waals surface area contributed by atoms with E-state index in [4.69, 9.17) is 10.5 Å². The lowest BCUT2D eigenvalue weighted by molar-refractivity contribution is 0.293. The van der Waals surface area contributed by atoms with Crippen LogP contribution in [0.4, 0.5) is 5.69 Å². The molecule has 3 nitrogen and oxygen atoms in total. The Morgan fingerprint density at radius 3 is 2.59 bits per heavy atom. The minimum atomic E-state index is 0.685. The third-order valence-corrected chi connectivity index (χ3v) is 2.87. The molecule has 1 aromatic rings. The number of nitrogen functional groups attached to an aromatic ring is 1. The van der Waals surface area contributed by atoms with E-state index in [-0.39, 0.29) is 0 Å². The molecule has 1 heterocycles. The van der Waals surface area contributed by atoms with E-state index in [9.17, 15) is 0 Å². The van der Waals surface area contributed by atoms with E-state index in [2.05, 4.69) is 11.9 Å². The highest BCUT2D eigenvalue weighted by molar-refractivity contribution is 5.45. The maximum absolute atomic E-state index is 5.69. The first kappa shape index (κ1) is 13.8. The highest BCUT2D eigenvalue weighted by Gasteiger charge is 1.99. The van der Waals surface area contributed by atoms with Crippen LogP contribution in [0.3, 0.4) is 0 Å². The van der Waals surface area contributed by atoms with Crippen LogP contribution in [0.2, 0.25) is 0 Å². The highest BCUT2D eigenvalue weighted by Crippen LogP contribution is 2.15. The van der Waals surface area contributed by atoms with Crippen molar-refractivity contribution < 1.29 is 4.74 Å². The Morgan fingerprint density at radius 2 is 1.88 bits per heavy atom. The van der Waals surface area contributed by atoms with Gasteiger partial charge in [0.15, 0.2) is 0 Å². The fraction of sp³-hybridized carbons (Fsp3) is 0.643. The summed E-state index contributed by atoms with van der Waals surface area (Å²) in [5.41, 5.74) is 7.44. The summed E-state index contributed by atoms with van der Waals surface area (Å²) in [5, 5.41) is 0. The van der Waals surface area contributed by atoms with Crippen LogP contribution in [0, 0.1) is 6.92 Å². The topological polar surface area (TPSA) is 48.1 Å². The second kappa shape index (κ2) is 7.93. The normalized spacial score (nSPS) is 10.5. The van der Waals surface area contributed by atoms with Gasteiger partial charge in [0.1, 0.15) is 0 Å². The van der Waals surface area contributed by atoms with E-state index in [1.165, 1.54) is 32.1 Å². The van der Waals surface area contributed by atoms with Gasteiger partial charge in [0.05, 0.1) is 18.5 Å². The highest BCUT2D eigenvalue weighted by atomic mass is 16.5. The van der Waals surface area contributed by atoms with Crippen LogP contribution in [0.1, 0.15) is 51.0 Å². The molecule has 0 atom stereocenters. The average Bonchev–Trinajstić information content (AvgIpc) is 2.32. The molecule has 1 rings (SSSR count). The summed E-state index contributed by atoms with van der Waals surface area (Å²) in [7, 11) is 0. The number of nitrogens with two attached hydrogens (primary N) is 1. The van der Waals surface area contributed by atoms with Crippen LogP contribution in [0.5, 0.6) is 5.88 Å². The van der Waals surface area contributed by atoms with Crippen LogP contribution >= 0.6 is 0 Å². The summed E-state index contributed by atoms with van der Waals surface area (Å²) in [6.45, 7) is 4.95. The standard InChI is InChI=1S/C14H24N2O/c1-3-4-5-6-7-8-9-17-14-10-12(2)13(15)11-16-14/h10-11H,3-9,15H2,1-2H3. The van der Waals surface area contributed by atoms with Crippen LogP contribution in [-0.2, 0) is 0 Å². The summed E-state index contributed by atoms with van der Waals surface area (Å²) < 4.78 is 5.58. The zero-order valence-corrected chi connectivity index (χ0v) is 11.0. The first-order valence-corrected chi connectivity index (χ1v) is 6.59. The molecule has 0 aliphatic heterocycles. The van der Waals surface area contributed by atoms with Crippen LogP contribution in [0.15, 0.2) is 12.3 Å². The number of anilines is 1. The lowest BCUT2D eigenvalue weighted by Crippen LogP contribution is -2.00. The lowest BCUT2D eigenvalue weighted by Gasteiger charge is -2.06. The first-order valence-electron chi connectivity index (χ1n) is 6.59. The number of pyridine rings is 1.